The molecule has 1 saturated heterocycles. The van der Waals surface area contributed by atoms with Gasteiger partial charge in [0.25, 0.3) is 5.91 Å². The van der Waals surface area contributed by atoms with Gasteiger partial charge in [-0.25, -0.2) is 0 Å². The molecule has 3 rings (SSSR count). The van der Waals surface area contributed by atoms with Crippen LogP contribution in [-0.2, 0) is 4.79 Å². The number of hydrogen-bond acceptors (Lipinski definition) is 7. The third-order valence-electron chi connectivity index (χ3n) is 4.59. The highest BCUT2D eigenvalue weighted by Gasteiger charge is 2.48. The fraction of sp³-hybridized carbons (Fsp3) is 0.316. The summed E-state index contributed by atoms with van der Waals surface area (Å²) in [7, 11) is 6.02. The number of nitrogens with zero attached hydrogens (tertiary/aromatic N) is 1. The molecule has 1 aliphatic rings. The van der Waals surface area contributed by atoms with Crippen LogP contribution in [-0.4, -0.2) is 45.6 Å². The summed E-state index contributed by atoms with van der Waals surface area (Å²) < 4.78 is 21.2. The first-order chi connectivity index (χ1) is 13.0. The highest BCUT2D eigenvalue weighted by Crippen LogP contribution is 2.46. The minimum atomic E-state index is -1.17. The van der Waals surface area contributed by atoms with E-state index in [1.54, 1.807) is 30.3 Å². The van der Waals surface area contributed by atoms with Crippen LogP contribution in [0.25, 0.3) is 0 Å². The third kappa shape index (κ3) is 2.97. The summed E-state index contributed by atoms with van der Waals surface area (Å²) in [6.45, 7) is 0. The molecule has 0 radical (unpaired) electrons. The maximum atomic E-state index is 12.4. The Morgan fingerprint density at radius 3 is 2.00 bits per heavy atom. The minimum absolute atomic E-state index is 0.411. The van der Waals surface area contributed by atoms with Gasteiger partial charge in [-0.15, -0.1) is 0 Å². The van der Waals surface area contributed by atoms with Gasteiger partial charge in [-0.2, -0.15) is 0 Å². The fourth-order valence-corrected chi connectivity index (χ4v) is 3.24. The van der Waals surface area contributed by atoms with Crippen molar-refractivity contribution >= 4 is 17.3 Å². The second-order valence-electron chi connectivity index (χ2n) is 5.98. The summed E-state index contributed by atoms with van der Waals surface area (Å²) in [6.07, 6.45) is -1.17. The molecule has 1 amide bonds. The molecule has 0 spiro atoms. The first kappa shape index (κ1) is 18.7. The van der Waals surface area contributed by atoms with Gasteiger partial charge >= 0.3 is 0 Å². The lowest BCUT2D eigenvalue weighted by Crippen LogP contribution is -2.59. The number of carbonyl (C=O) groups excluding carboxylic acids is 1. The van der Waals surface area contributed by atoms with Gasteiger partial charge < -0.3 is 29.8 Å². The molecule has 2 aromatic rings. The van der Waals surface area contributed by atoms with Gasteiger partial charge in [0.2, 0.25) is 5.75 Å². The highest BCUT2D eigenvalue weighted by atomic mass is 16.5. The number of amides is 1. The van der Waals surface area contributed by atoms with Crippen LogP contribution in [0.15, 0.2) is 30.3 Å². The van der Waals surface area contributed by atoms with E-state index in [-0.39, 0.29) is 0 Å². The summed E-state index contributed by atoms with van der Waals surface area (Å²) >= 11 is 0. The van der Waals surface area contributed by atoms with Gasteiger partial charge in [0, 0.05) is 12.1 Å². The molecular formula is C19H22N2O6. The van der Waals surface area contributed by atoms with E-state index in [0.29, 0.717) is 39.9 Å². The molecule has 3 N–H and O–H groups in total. The van der Waals surface area contributed by atoms with Crippen LogP contribution in [0, 0.1) is 0 Å². The number of benzene rings is 2. The van der Waals surface area contributed by atoms with Gasteiger partial charge in [-0.1, -0.05) is 6.07 Å². The number of rotatable bonds is 6. The van der Waals surface area contributed by atoms with Crippen molar-refractivity contribution < 1.29 is 28.8 Å². The van der Waals surface area contributed by atoms with E-state index >= 15 is 0 Å². The maximum absolute atomic E-state index is 12.4. The van der Waals surface area contributed by atoms with Crippen molar-refractivity contribution in [1.29, 1.82) is 0 Å². The number of methoxy groups -OCH3 is 4. The molecule has 8 nitrogen and oxygen atoms in total. The molecule has 27 heavy (non-hydrogen) atoms. The Morgan fingerprint density at radius 1 is 0.926 bits per heavy atom. The summed E-state index contributed by atoms with van der Waals surface area (Å²) in [5.41, 5.74) is 7.60. The summed E-state index contributed by atoms with van der Waals surface area (Å²) in [6, 6.07) is 7.88. The molecule has 2 atom stereocenters. The second-order valence-corrected chi connectivity index (χ2v) is 5.98. The van der Waals surface area contributed by atoms with Crippen molar-refractivity contribution in [2.75, 3.05) is 39.1 Å². The van der Waals surface area contributed by atoms with Crippen molar-refractivity contribution in [1.82, 2.24) is 0 Å². The number of aliphatic hydroxyl groups is 1. The molecule has 8 heteroatoms. The van der Waals surface area contributed by atoms with Crippen LogP contribution in [0.3, 0.4) is 0 Å². The second kappa shape index (κ2) is 7.24. The average molecular weight is 374 g/mol. The van der Waals surface area contributed by atoms with Crippen molar-refractivity contribution in [2.45, 2.75) is 12.1 Å². The Labute approximate surface area is 157 Å². The molecule has 0 unspecified atom stereocenters. The minimum Gasteiger partial charge on any atom is -0.495 e. The van der Waals surface area contributed by atoms with E-state index in [4.69, 9.17) is 24.7 Å². The van der Waals surface area contributed by atoms with Gasteiger partial charge in [0.15, 0.2) is 17.6 Å². The van der Waals surface area contributed by atoms with Crippen molar-refractivity contribution in [3.8, 4) is 23.0 Å². The Hall–Kier alpha value is -3.13. The first-order valence-electron chi connectivity index (χ1n) is 8.21. The monoisotopic (exact) mass is 374 g/mol. The van der Waals surface area contributed by atoms with Gasteiger partial charge in [0.05, 0.1) is 45.9 Å². The van der Waals surface area contributed by atoms with E-state index in [0.717, 1.165) is 0 Å². The smallest absolute Gasteiger partial charge is 0.259 e. The van der Waals surface area contributed by atoms with Crippen molar-refractivity contribution in [3.63, 3.8) is 0 Å². The lowest BCUT2D eigenvalue weighted by Gasteiger charge is -2.45. The summed E-state index contributed by atoms with van der Waals surface area (Å²) in [5, 5.41) is 10.3. The predicted octanol–water partition coefficient (Wildman–Crippen LogP) is 1.75. The summed E-state index contributed by atoms with van der Waals surface area (Å²) in [5.74, 6) is 1.34. The Morgan fingerprint density at radius 2 is 1.52 bits per heavy atom. The molecular weight excluding hydrogens is 352 g/mol. The Balaban J connectivity index is 2.05. The number of nitrogens with two attached hydrogens (primary N) is 1. The van der Waals surface area contributed by atoms with Crippen molar-refractivity contribution in [3.05, 3.63) is 35.9 Å². The predicted molar refractivity (Wildman–Crippen MR) is 99.7 cm³/mol. The van der Waals surface area contributed by atoms with E-state index < -0.39 is 18.1 Å². The van der Waals surface area contributed by atoms with Crippen LogP contribution in [0.5, 0.6) is 23.0 Å². The highest BCUT2D eigenvalue weighted by molar-refractivity contribution is 6.05. The van der Waals surface area contributed by atoms with Gasteiger partial charge in [-0.05, 0) is 17.7 Å². The zero-order valence-corrected chi connectivity index (χ0v) is 15.6. The molecule has 1 heterocycles. The van der Waals surface area contributed by atoms with Gasteiger partial charge in [-0.3, -0.25) is 9.69 Å². The lowest BCUT2D eigenvalue weighted by atomic mass is 9.89. The maximum Gasteiger partial charge on any atom is 0.259 e. The number of carbonyl (C=O) groups is 1. The van der Waals surface area contributed by atoms with Crippen LogP contribution in [0.2, 0.25) is 0 Å². The zero-order valence-electron chi connectivity index (χ0n) is 15.6. The Kier molecular flexibility index (Phi) is 5.00. The summed E-state index contributed by atoms with van der Waals surface area (Å²) in [4.78, 5) is 13.9. The van der Waals surface area contributed by atoms with Gasteiger partial charge in [0.1, 0.15) is 5.75 Å². The van der Waals surface area contributed by atoms with E-state index in [9.17, 15) is 9.90 Å². The third-order valence-corrected chi connectivity index (χ3v) is 4.59. The molecule has 0 saturated carbocycles. The number of ether oxygens (including phenoxy) is 4. The number of β-lactam (4-membered cyclic amide) rings is 1. The first-order valence-corrected chi connectivity index (χ1v) is 8.21. The largest absolute Gasteiger partial charge is 0.495 e. The lowest BCUT2D eigenvalue weighted by molar-refractivity contribution is -0.137. The quantitative estimate of drug-likeness (QED) is 0.586. The molecule has 0 bridgehead atoms. The molecule has 2 aromatic carbocycles. The average Bonchev–Trinajstić information content (AvgIpc) is 2.69. The van der Waals surface area contributed by atoms with Crippen LogP contribution < -0.4 is 29.6 Å². The SMILES string of the molecule is COc1ccc([C@@H]2[C@H](O)C(=O)N2c2cc(OC)c(OC)c(OC)c2)cc1N. The molecule has 1 fully saturated rings. The van der Waals surface area contributed by atoms with E-state index in [1.807, 2.05) is 0 Å². The topological polar surface area (TPSA) is 103 Å². The fourth-order valence-electron chi connectivity index (χ4n) is 3.24. The van der Waals surface area contributed by atoms with Crippen LogP contribution >= 0.6 is 0 Å². The number of hydrogen-bond donors (Lipinski definition) is 2. The normalized spacial score (nSPS) is 18.7. The molecule has 0 aromatic heterocycles. The van der Waals surface area contributed by atoms with Crippen molar-refractivity contribution in [2.24, 2.45) is 0 Å². The number of anilines is 2. The van der Waals surface area contributed by atoms with Crippen LogP contribution in [0.4, 0.5) is 11.4 Å². The van der Waals surface area contributed by atoms with Crippen LogP contribution in [0.1, 0.15) is 11.6 Å². The van der Waals surface area contributed by atoms with E-state index in [2.05, 4.69) is 0 Å². The Bertz CT molecular complexity index is 844. The van der Waals surface area contributed by atoms with E-state index in [1.165, 1.54) is 33.3 Å². The molecule has 144 valence electrons. The standard InChI is InChI=1S/C19H22N2O6/c1-24-13-6-5-10(7-12(13)20)16-17(22)19(23)21(16)11-8-14(25-2)18(27-4)15(9-11)26-3/h5-9,16-17,22H,20H2,1-4H3/t16-,17+/m1/s1. The zero-order chi connectivity index (χ0) is 19.7. The molecule has 1 aliphatic heterocycles. The number of aliphatic hydroxyl groups excluding tert-OH is 1. The number of nitrogen functional groups attached to an aromatic ring is 1. The molecule has 0 aliphatic carbocycles.